The maximum atomic E-state index is 13.1. The lowest BCUT2D eigenvalue weighted by Crippen LogP contribution is -2.41. The minimum atomic E-state index is -0.211. The highest BCUT2D eigenvalue weighted by molar-refractivity contribution is 5.78. The first kappa shape index (κ1) is 18.6. The Labute approximate surface area is 155 Å². The van der Waals surface area contributed by atoms with E-state index in [0.29, 0.717) is 5.92 Å². The van der Waals surface area contributed by atoms with Gasteiger partial charge in [-0.2, -0.15) is 0 Å². The smallest absolute Gasteiger partial charge is 0.225 e. The maximum absolute atomic E-state index is 13.1. The number of likely N-dealkylation sites (tertiary alicyclic amines) is 1. The number of amides is 1. The number of hydrogen-bond acceptors (Lipinski definition) is 2. The molecule has 2 heterocycles. The normalized spacial score (nSPS) is 17.6. The zero-order valence-corrected chi connectivity index (χ0v) is 15.8. The third kappa shape index (κ3) is 4.48. The largest absolute Gasteiger partial charge is 0.342 e. The topological polar surface area (TPSA) is 33.2 Å². The SMILES string of the molecule is Cc1cc(Cc2ccc(F)cc2)cc([C@H]2CCCN(C(=O)C(C)C)C2)n1. The summed E-state index contributed by atoms with van der Waals surface area (Å²) in [5.41, 5.74) is 4.34. The molecule has 1 saturated heterocycles. The van der Waals surface area contributed by atoms with Gasteiger partial charge in [0.15, 0.2) is 0 Å². The Morgan fingerprint density at radius 3 is 2.65 bits per heavy atom. The van der Waals surface area contributed by atoms with Gasteiger partial charge in [0.05, 0.1) is 0 Å². The van der Waals surface area contributed by atoms with Crippen LogP contribution in [0.1, 0.15) is 55.1 Å². The molecule has 2 aromatic rings. The number of hydrogen-bond donors (Lipinski definition) is 0. The minimum Gasteiger partial charge on any atom is -0.342 e. The van der Waals surface area contributed by atoms with E-state index < -0.39 is 0 Å². The molecule has 0 radical (unpaired) electrons. The van der Waals surface area contributed by atoms with Crippen molar-refractivity contribution in [3.05, 3.63) is 64.7 Å². The first-order valence-electron chi connectivity index (χ1n) is 9.43. The highest BCUT2D eigenvalue weighted by Gasteiger charge is 2.27. The Balaban J connectivity index is 1.78. The molecule has 0 saturated carbocycles. The Bertz CT molecular complexity index is 770. The van der Waals surface area contributed by atoms with Gasteiger partial charge in [-0.1, -0.05) is 26.0 Å². The summed E-state index contributed by atoms with van der Waals surface area (Å²) in [7, 11) is 0. The van der Waals surface area contributed by atoms with Crippen LogP contribution in [0.5, 0.6) is 0 Å². The molecule has 138 valence electrons. The summed E-state index contributed by atoms with van der Waals surface area (Å²) < 4.78 is 13.1. The van der Waals surface area contributed by atoms with E-state index in [4.69, 9.17) is 4.98 Å². The zero-order valence-electron chi connectivity index (χ0n) is 15.8. The van der Waals surface area contributed by atoms with Gasteiger partial charge >= 0.3 is 0 Å². The lowest BCUT2D eigenvalue weighted by atomic mass is 9.91. The Kier molecular flexibility index (Phi) is 5.70. The number of pyridine rings is 1. The third-order valence-corrected chi connectivity index (χ3v) is 5.00. The van der Waals surface area contributed by atoms with Gasteiger partial charge in [-0.25, -0.2) is 4.39 Å². The van der Waals surface area contributed by atoms with Crippen molar-refractivity contribution in [1.82, 2.24) is 9.88 Å². The Morgan fingerprint density at radius 2 is 1.96 bits per heavy atom. The molecule has 26 heavy (non-hydrogen) atoms. The van der Waals surface area contributed by atoms with E-state index in [9.17, 15) is 9.18 Å². The molecule has 1 aliphatic rings. The molecule has 0 aliphatic carbocycles. The molecule has 3 rings (SSSR count). The average molecular weight is 354 g/mol. The van der Waals surface area contributed by atoms with Crippen LogP contribution in [0.25, 0.3) is 0 Å². The van der Waals surface area contributed by atoms with Crippen LogP contribution >= 0.6 is 0 Å². The van der Waals surface area contributed by atoms with Crippen LogP contribution < -0.4 is 0 Å². The van der Waals surface area contributed by atoms with Crippen LogP contribution in [0.15, 0.2) is 36.4 Å². The summed E-state index contributed by atoms with van der Waals surface area (Å²) >= 11 is 0. The molecule has 0 spiro atoms. The van der Waals surface area contributed by atoms with Gasteiger partial charge in [0.1, 0.15) is 5.82 Å². The highest BCUT2D eigenvalue weighted by atomic mass is 19.1. The molecule has 0 bridgehead atoms. The third-order valence-electron chi connectivity index (χ3n) is 5.00. The standard InChI is InChI=1S/C22H27FN2O/c1-15(2)22(26)25-10-4-5-19(14-25)21-13-18(11-16(3)24-21)12-17-6-8-20(23)9-7-17/h6-9,11,13,15,19H,4-5,10,12,14H2,1-3H3/t19-/m0/s1. The number of halogens is 1. The van der Waals surface area contributed by atoms with Crippen LogP contribution in [-0.2, 0) is 11.2 Å². The molecule has 1 atom stereocenters. The van der Waals surface area contributed by atoms with Gasteiger partial charge in [0.25, 0.3) is 0 Å². The number of piperidine rings is 1. The van der Waals surface area contributed by atoms with Crippen molar-refractivity contribution in [1.29, 1.82) is 0 Å². The fraction of sp³-hybridized carbons (Fsp3) is 0.455. The van der Waals surface area contributed by atoms with Crippen molar-refractivity contribution in [2.75, 3.05) is 13.1 Å². The van der Waals surface area contributed by atoms with Crippen LogP contribution in [0.4, 0.5) is 4.39 Å². The minimum absolute atomic E-state index is 0.0354. The summed E-state index contributed by atoms with van der Waals surface area (Å²) in [6.07, 6.45) is 2.85. The molecule has 1 aromatic carbocycles. The van der Waals surface area contributed by atoms with Crippen molar-refractivity contribution in [3.63, 3.8) is 0 Å². The number of aromatic nitrogens is 1. The number of carbonyl (C=O) groups is 1. The van der Waals surface area contributed by atoms with E-state index >= 15 is 0 Å². The molecule has 4 heteroatoms. The average Bonchev–Trinajstić information content (AvgIpc) is 2.62. The van der Waals surface area contributed by atoms with Crippen molar-refractivity contribution in [2.45, 2.75) is 46.0 Å². The zero-order chi connectivity index (χ0) is 18.7. The van der Waals surface area contributed by atoms with Crippen LogP contribution in [0.2, 0.25) is 0 Å². The van der Waals surface area contributed by atoms with Crippen molar-refractivity contribution >= 4 is 5.91 Å². The second-order valence-corrected chi connectivity index (χ2v) is 7.62. The second-order valence-electron chi connectivity index (χ2n) is 7.62. The second kappa shape index (κ2) is 7.98. The summed E-state index contributed by atoms with van der Waals surface area (Å²) in [6.45, 7) is 7.53. The summed E-state index contributed by atoms with van der Waals surface area (Å²) in [4.78, 5) is 19.1. The summed E-state index contributed by atoms with van der Waals surface area (Å²) in [5, 5.41) is 0. The van der Waals surface area contributed by atoms with Crippen molar-refractivity contribution in [3.8, 4) is 0 Å². The van der Waals surface area contributed by atoms with Crippen LogP contribution in [0.3, 0.4) is 0 Å². The maximum Gasteiger partial charge on any atom is 0.225 e. The van der Waals surface area contributed by atoms with Gasteiger partial charge in [-0.05, 0) is 61.6 Å². The summed E-state index contributed by atoms with van der Waals surface area (Å²) in [6, 6.07) is 10.9. The predicted octanol–water partition coefficient (Wildman–Crippen LogP) is 4.48. The van der Waals surface area contributed by atoms with Crippen LogP contribution in [0, 0.1) is 18.7 Å². The molecule has 3 nitrogen and oxygen atoms in total. The predicted molar refractivity (Wildman–Crippen MR) is 102 cm³/mol. The molecule has 1 fully saturated rings. The molecule has 0 N–H and O–H groups in total. The lowest BCUT2D eigenvalue weighted by molar-refractivity contribution is -0.135. The fourth-order valence-electron chi connectivity index (χ4n) is 3.70. The Hall–Kier alpha value is -2.23. The van der Waals surface area contributed by atoms with Gasteiger partial charge in [0, 0.05) is 36.3 Å². The number of nitrogens with zero attached hydrogens (tertiary/aromatic N) is 2. The van der Waals surface area contributed by atoms with Gasteiger partial charge in [0.2, 0.25) is 5.91 Å². The first-order valence-corrected chi connectivity index (χ1v) is 9.43. The first-order chi connectivity index (χ1) is 12.4. The van der Waals surface area contributed by atoms with E-state index in [1.165, 1.54) is 17.7 Å². The quantitative estimate of drug-likeness (QED) is 0.811. The Morgan fingerprint density at radius 1 is 1.23 bits per heavy atom. The van der Waals surface area contributed by atoms with Crippen molar-refractivity contribution < 1.29 is 9.18 Å². The highest BCUT2D eigenvalue weighted by Crippen LogP contribution is 2.28. The summed E-state index contributed by atoms with van der Waals surface area (Å²) in [5.74, 6) is 0.345. The molecule has 1 amide bonds. The lowest BCUT2D eigenvalue weighted by Gasteiger charge is -2.34. The van der Waals surface area contributed by atoms with E-state index in [1.54, 1.807) is 0 Å². The van der Waals surface area contributed by atoms with Crippen molar-refractivity contribution in [2.24, 2.45) is 5.92 Å². The molecule has 0 unspecified atom stereocenters. The van der Waals surface area contributed by atoms with Gasteiger partial charge in [-0.3, -0.25) is 9.78 Å². The van der Waals surface area contributed by atoms with Crippen LogP contribution in [-0.4, -0.2) is 28.9 Å². The van der Waals surface area contributed by atoms with E-state index in [-0.39, 0.29) is 17.6 Å². The molecular weight excluding hydrogens is 327 g/mol. The van der Waals surface area contributed by atoms with E-state index in [1.807, 2.05) is 37.8 Å². The molecule has 1 aliphatic heterocycles. The van der Waals surface area contributed by atoms with Gasteiger partial charge in [-0.15, -0.1) is 0 Å². The van der Waals surface area contributed by atoms with E-state index in [2.05, 4.69) is 12.1 Å². The monoisotopic (exact) mass is 354 g/mol. The number of rotatable bonds is 4. The molecular formula is C22H27FN2O. The molecule has 1 aromatic heterocycles. The number of benzene rings is 1. The van der Waals surface area contributed by atoms with E-state index in [0.717, 1.165) is 49.3 Å². The fourth-order valence-corrected chi connectivity index (χ4v) is 3.70. The van der Waals surface area contributed by atoms with Gasteiger partial charge < -0.3 is 4.90 Å². The number of carbonyl (C=O) groups excluding carboxylic acids is 1. The number of aryl methyl sites for hydroxylation is 1.